The number of benzene rings is 9. The molecule has 11 rings (SSSR count). The Morgan fingerprint density at radius 3 is 1.66 bits per heavy atom. The van der Waals surface area contributed by atoms with Gasteiger partial charge in [0.05, 0.1) is 22.2 Å². The second-order valence-electron chi connectivity index (χ2n) is 13.8. The molecule has 0 atom stereocenters. The van der Waals surface area contributed by atoms with Gasteiger partial charge in [-0.1, -0.05) is 158 Å². The van der Waals surface area contributed by atoms with Gasteiger partial charge in [-0.25, -0.2) is 9.97 Å². The van der Waals surface area contributed by atoms with Crippen molar-refractivity contribution in [3.8, 4) is 39.5 Å². The molecule has 0 aliphatic rings. The number of para-hydroxylation sites is 2. The third-order valence-corrected chi connectivity index (χ3v) is 10.8. The van der Waals surface area contributed by atoms with Crippen LogP contribution in [0.2, 0.25) is 0 Å². The number of hydrogen-bond acceptors (Lipinski definition) is 2. The lowest BCUT2D eigenvalue weighted by Gasteiger charge is -2.15. The van der Waals surface area contributed by atoms with Crippen LogP contribution >= 0.6 is 0 Å². The highest BCUT2D eigenvalue weighted by Crippen LogP contribution is 2.42. The Labute approximate surface area is 306 Å². The molecule has 0 unspecified atom stereocenters. The fraction of sp³-hybridized carbons (Fsp3) is 0. The Hall–Kier alpha value is -7.10. The molecule has 0 fully saturated rings. The topological polar surface area (TPSA) is 30.7 Å². The molecule has 0 saturated heterocycles. The first-order chi connectivity index (χ1) is 26.3. The van der Waals surface area contributed by atoms with Crippen molar-refractivity contribution in [1.82, 2.24) is 14.5 Å². The first-order valence-corrected chi connectivity index (χ1v) is 18.1. The zero-order valence-electron chi connectivity index (χ0n) is 28.7. The molecular formula is C50H31N3. The van der Waals surface area contributed by atoms with Gasteiger partial charge in [-0.3, -0.25) is 4.57 Å². The predicted molar refractivity (Wildman–Crippen MR) is 223 cm³/mol. The van der Waals surface area contributed by atoms with Gasteiger partial charge in [0.1, 0.15) is 0 Å². The molecule has 0 radical (unpaired) electrons. The third-order valence-electron chi connectivity index (χ3n) is 10.8. The number of rotatable bonds is 4. The number of fused-ring (bicyclic) bond motifs is 10. The first-order valence-electron chi connectivity index (χ1n) is 18.1. The minimum Gasteiger partial charge on any atom is -0.277 e. The molecular weight excluding hydrogens is 643 g/mol. The Morgan fingerprint density at radius 1 is 0.340 bits per heavy atom. The molecule has 2 heterocycles. The summed E-state index contributed by atoms with van der Waals surface area (Å²) >= 11 is 0. The lowest BCUT2D eigenvalue weighted by molar-refractivity contribution is 1.02. The Bertz CT molecular complexity index is 3160. The Morgan fingerprint density at radius 2 is 0.906 bits per heavy atom. The summed E-state index contributed by atoms with van der Waals surface area (Å²) < 4.78 is 2.30. The molecule has 0 aliphatic carbocycles. The van der Waals surface area contributed by atoms with Crippen molar-refractivity contribution in [3.05, 3.63) is 188 Å². The van der Waals surface area contributed by atoms with Crippen LogP contribution in [0.5, 0.6) is 0 Å². The average molecular weight is 674 g/mol. The van der Waals surface area contributed by atoms with Crippen molar-refractivity contribution in [2.24, 2.45) is 0 Å². The summed E-state index contributed by atoms with van der Waals surface area (Å²) in [5.74, 6) is 0.654. The normalized spacial score (nSPS) is 11.8. The monoisotopic (exact) mass is 673 g/mol. The minimum atomic E-state index is 0.654. The molecule has 53 heavy (non-hydrogen) atoms. The zero-order chi connectivity index (χ0) is 34.9. The summed E-state index contributed by atoms with van der Waals surface area (Å²) in [5, 5.41) is 10.7. The quantitative estimate of drug-likeness (QED) is 0.174. The maximum Gasteiger partial charge on any atom is 0.235 e. The van der Waals surface area contributed by atoms with Crippen molar-refractivity contribution in [3.63, 3.8) is 0 Å². The summed E-state index contributed by atoms with van der Waals surface area (Å²) in [7, 11) is 0. The second kappa shape index (κ2) is 11.7. The van der Waals surface area contributed by atoms with Crippen molar-refractivity contribution in [1.29, 1.82) is 0 Å². The summed E-state index contributed by atoms with van der Waals surface area (Å²) in [4.78, 5) is 10.9. The molecule has 0 spiro atoms. The van der Waals surface area contributed by atoms with Crippen LogP contribution in [0.15, 0.2) is 188 Å². The minimum absolute atomic E-state index is 0.654. The van der Waals surface area contributed by atoms with Crippen molar-refractivity contribution in [2.45, 2.75) is 0 Å². The van der Waals surface area contributed by atoms with Crippen molar-refractivity contribution in [2.75, 3.05) is 0 Å². The van der Waals surface area contributed by atoms with E-state index < -0.39 is 0 Å². The standard InChI is InChI=1S/C50H31N3/c1-3-13-32(14-4-1)36-29-37(33-15-5-2-6-16-33)31-38(30-36)48-44-20-9-11-21-45(44)51-50(52-48)53-46-22-12-10-19-41(46)43-28-25-35-24-26-40-39-18-8-7-17-34(39)23-27-42(40)47(35)49(43)53/h1-31H. The van der Waals surface area contributed by atoms with Gasteiger partial charge in [0.15, 0.2) is 0 Å². The summed E-state index contributed by atoms with van der Waals surface area (Å²) in [5.41, 5.74) is 9.68. The maximum absolute atomic E-state index is 5.57. The number of nitrogens with zero attached hydrogens (tertiary/aromatic N) is 3. The molecule has 0 N–H and O–H groups in total. The summed E-state index contributed by atoms with van der Waals surface area (Å²) in [6.45, 7) is 0. The van der Waals surface area contributed by atoms with Crippen LogP contribution in [0.25, 0.3) is 104 Å². The van der Waals surface area contributed by atoms with Gasteiger partial charge in [0.25, 0.3) is 0 Å². The van der Waals surface area contributed by atoms with Crippen LogP contribution in [0.1, 0.15) is 0 Å². The Balaban J connectivity index is 1.26. The van der Waals surface area contributed by atoms with E-state index in [1.165, 1.54) is 54.2 Å². The van der Waals surface area contributed by atoms with E-state index in [-0.39, 0.29) is 0 Å². The molecule has 3 heteroatoms. The van der Waals surface area contributed by atoms with Gasteiger partial charge in [0, 0.05) is 27.1 Å². The van der Waals surface area contributed by atoms with Gasteiger partial charge < -0.3 is 0 Å². The largest absolute Gasteiger partial charge is 0.277 e. The zero-order valence-corrected chi connectivity index (χ0v) is 28.7. The third kappa shape index (κ3) is 4.68. The van der Waals surface area contributed by atoms with Gasteiger partial charge in [-0.15, -0.1) is 0 Å². The van der Waals surface area contributed by atoms with E-state index >= 15 is 0 Å². The van der Waals surface area contributed by atoms with Crippen LogP contribution in [-0.2, 0) is 0 Å². The Kier molecular flexibility index (Phi) is 6.55. The predicted octanol–water partition coefficient (Wildman–Crippen LogP) is 13.2. The SMILES string of the molecule is c1ccc(-c2cc(-c3ccccc3)cc(-c3nc(-n4c5ccccc5c5ccc6ccc7c8ccccc8ccc7c6c54)nc4ccccc34)c2)cc1. The summed E-state index contributed by atoms with van der Waals surface area (Å²) in [6, 6.07) is 67.4. The second-order valence-corrected chi connectivity index (χ2v) is 13.8. The molecule has 246 valence electrons. The smallest absolute Gasteiger partial charge is 0.235 e. The van der Waals surface area contributed by atoms with Crippen LogP contribution < -0.4 is 0 Å². The molecule has 0 amide bonds. The average Bonchev–Trinajstić information content (AvgIpc) is 3.58. The van der Waals surface area contributed by atoms with E-state index in [1.54, 1.807) is 0 Å². The summed E-state index contributed by atoms with van der Waals surface area (Å²) in [6.07, 6.45) is 0. The van der Waals surface area contributed by atoms with Gasteiger partial charge in [-0.2, -0.15) is 0 Å². The van der Waals surface area contributed by atoms with Crippen molar-refractivity contribution >= 4 is 65.0 Å². The van der Waals surface area contributed by atoms with Crippen LogP contribution in [-0.4, -0.2) is 14.5 Å². The molecule has 0 bridgehead atoms. The van der Waals surface area contributed by atoms with E-state index in [9.17, 15) is 0 Å². The van der Waals surface area contributed by atoms with Crippen LogP contribution in [0.3, 0.4) is 0 Å². The fourth-order valence-corrected chi connectivity index (χ4v) is 8.31. The highest BCUT2D eigenvalue weighted by atomic mass is 15.2. The van der Waals surface area contributed by atoms with E-state index in [0.29, 0.717) is 5.95 Å². The highest BCUT2D eigenvalue weighted by molar-refractivity contribution is 6.28. The highest BCUT2D eigenvalue weighted by Gasteiger charge is 2.21. The molecule has 11 aromatic rings. The molecule has 0 saturated carbocycles. The van der Waals surface area contributed by atoms with Gasteiger partial charge in [-0.05, 0) is 79.5 Å². The lowest BCUT2D eigenvalue weighted by atomic mass is 9.94. The van der Waals surface area contributed by atoms with Crippen LogP contribution in [0.4, 0.5) is 0 Å². The fourth-order valence-electron chi connectivity index (χ4n) is 8.31. The van der Waals surface area contributed by atoms with Crippen LogP contribution in [0, 0.1) is 0 Å². The van der Waals surface area contributed by atoms with Gasteiger partial charge in [0.2, 0.25) is 5.95 Å². The molecule has 9 aromatic carbocycles. The van der Waals surface area contributed by atoms with Crippen molar-refractivity contribution < 1.29 is 0 Å². The molecule has 0 aliphatic heterocycles. The van der Waals surface area contributed by atoms with E-state index in [1.807, 2.05) is 0 Å². The molecule has 2 aromatic heterocycles. The van der Waals surface area contributed by atoms with E-state index in [0.717, 1.165) is 44.3 Å². The maximum atomic E-state index is 5.57. The number of aromatic nitrogens is 3. The lowest BCUT2D eigenvalue weighted by Crippen LogP contribution is -2.04. The van der Waals surface area contributed by atoms with E-state index in [4.69, 9.17) is 9.97 Å². The first kappa shape index (κ1) is 29.6. The van der Waals surface area contributed by atoms with E-state index in [2.05, 4.69) is 193 Å². The number of hydrogen-bond donors (Lipinski definition) is 0. The molecule has 3 nitrogen and oxygen atoms in total. The van der Waals surface area contributed by atoms with Gasteiger partial charge >= 0.3 is 0 Å².